The van der Waals surface area contributed by atoms with Gasteiger partial charge in [-0.05, 0) is 82.5 Å². The van der Waals surface area contributed by atoms with Gasteiger partial charge in [0.05, 0.1) is 23.6 Å². The molecule has 0 saturated carbocycles. The topological polar surface area (TPSA) is 193 Å². The second-order valence-electron chi connectivity index (χ2n) is 14.0. The Kier molecular flexibility index (Phi) is 15.0. The lowest BCUT2D eigenvalue weighted by Crippen LogP contribution is -2.36. The molecule has 13 heteroatoms. The number of anilines is 2. The van der Waals surface area contributed by atoms with Crippen molar-refractivity contribution >= 4 is 35.4 Å². The van der Waals surface area contributed by atoms with Gasteiger partial charge in [0.1, 0.15) is 17.6 Å². The summed E-state index contributed by atoms with van der Waals surface area (Å²) in [5.41, 5.74) is 8.09. The maximum Gasteiger partial charge on any atom is 0.405 e. The summed E-state index contributed by atoms with van der Waals surface area (Å²) in [6, 6.07) is 8.42. The van der Waals surface area contributed by atoms with Crippen LogP contribution in [-0.4, -0.2) is 89.9 Å². The highest BCUT2D eigenvalue weighted by Gasteiger charge is 2.29. The average molecular weight is 747 g/mol. The molecule has 2 bridgehead atoms. The number of fused-ring (bicyclic) bond motifs is 2. The predicted molar refractivity (Wildman–Crippen MR) is 208 cm³/mol. The third-order valence-electron chi connectivity index (χ3n) is 9.80. The third kappa shape index (κ3) is 11.0. The lowest BCUT2D eigenvalue weighted by molar-refractivity contribution is -0.112. The number of primary amides is 1. The number of amides is 3. The van der Waals surface area contributed by atoms with Crippen LogP contribution in [0.4, 0.5) is 16.2 Å². The normalized spacial score (nSPS) is 26.3. The molecule has 1 saturated heterocycles. The molecule has 2 aromatic carbocycles. The van der Waals surface area contributed by atoms with Crippen LogP contribution in [0.3, 0.4) is 0 Å². The van der Waals surface area contributed by atoms with E-state index in [-0.39, 0.29) is 28.9 Å². The van der Waals surface area contributed by atoms with Gasteiger partial charge in [0.2, 0.25) is 0 Å². The standard InChI is InChI=1S/C41H54N4O9/c1-24-19-30-35(44-40(50)29-15-13-28(14-16-29)23-45-17-8-7-9-18-45)32(46)22-31(37(30)48)43-39(49)25(2)11-10-12-33(52-5)38(54-41(42)51)27(4)21-26(3)36(47)34(20-24)53-6/h10-16,19,21-22,26,33-34,36,38,46-48H,7-9,17-18,20,23H2,1-6H3,(H2,42,51)(H,43,49)(H,44,50)/b12-10?,24-19+,25-11+,27-21+/t26-,33-,34-,36+,38-/m0/s1. The zero-order valence-corrected chi connectivity index (χ0v) is 31.9. The summed E-state index contributed by atoms with van der Waals surface area (Å²) < 4.78 is 16.7. The number of aromatic hydroxyl groups is 2. The van der Waals surface area contributed by atoms with E-state index in [1.807, 2.05) is 12.1 Å². The number of methoxy groups -OCH3 is 2. The Balaban J connectivity index is 1.74. The Morgan fingerprint density at radius 1 is 1.04 bits per heavy atom. The molecule has 2 aromatic rings. The molecule has 1 fully saturated rings. The Labute approximate surface area is 317 Å². The third-order valence-corrected chi connectivity index (χ3v) is 9.80. The van der Waals surface area contributed by atoms with Gasteiger partial charge in [-0.2, -0.15) is 0 Å². The fraction of sp³-hybridized carbons (Fsp3) is 0.439. The van der Waals surface area contributed by atoms with Gasteiger partial charge in [-0.3, -0.25) is 14.5 Å². The summed E-state index contributed by atoms with van der Waals surface area (Å²) in [7, 11) is 2.89. The Morgan fingerprint density at radius 3 is 2.35 bits per heavy atom. The minimum absolute atomic E-state index is 0.0415. The average Bonchev–Trinajstić information content (AvgIpc) is 3.14. The van der Waals surface area contributed by atoms with Crippen LogP contribution >= 0.6 is 0 Å². The molecular weight excluding hydrogens is 692 g/mol. The molecule has 2 aliphatic rings. The first-order valence-corrected chi connectivity index (χ1v) is 18.2. The van der Waals surface area contributed by atoms with Gasteiger partial charge >= 0.3 is 6.09 Å². The molecule has 292 valence electrons. The first kappa shape index (κ1) is 41.8. The molecule has 7 N–H and O–H groups in total. The van der Waals surface area contributed by atoms with Crippen LogP contribution in [0.5, 0.6) is 11.5 Å². The number of phenols is 2. The Morgan fingerprint density at radius 2 is 1.72 bits per heavy atom. The van der Waals surface area contributed by atoms with Crippen molar-refractivity contribution in [3.8, 4) is 11.5 Å². The minimum atomic E-state index is -1.04. The summed E-state index contributed by atoms with van der Waals surface area (Å²) in [4.78, 5) is 41.1. The Bertz CT molecular complexity index is 1780. The molecule has 0 aromatic heterocycles. The highest BCUT2D eigenvalue weighted by atomic mass is 16.6. The second kappa shape index (κ2) is 19.4. The molecule has 0 radical (unpaired) electrons. The summed E-state index contributed by atoms with van der Waals surface area (Å²) in [5.74, 6) is -2.40. The van der Waals surface area contributed by atoms with Crippen LogP contribution in [0.1, 0.15) is 74.9 Å². The number of likely N-dealkylation sites (tertiary alicyclic amines) is 1. The first-order valence-electron chi connectivity index (χ1n) is 18.2. The number of benzene rings is 2. The molecule has 13 nitrogen and oxygen atoms in total. The second-order valence-corrected chi connectivity index (χ2v) is 14.0. The number of rotatable bonds is 7. The van der Waals surface area contributed by atoms with Crippen LogP contribution in [0.2, 0.25) is 0 Å². The molecular formula is C41H54N4O9. The van der Waals surface area contributed by atoms with Gasteiger partial charge < -0.3 is 45.9 Å². The van der Waals surface area contributed by atoms with E-state index < -0.39 is 59.7 Å². The van der Waals surface area contributed by atoms with Crippen LogP contribution < -0.4 is 16.4 Å². The van der Waals surface area contributed by atoms with Crippen LogP contribution in [0.15, 0.2) is 71.4 Å². The number of phenolic OH excluding ortho intramolecular Hbond substituents is 2. The van der Waals surface area contributed by atoms with E-state index in [2.05, 4.69) is 15.5 Å². The van der Waals surface area contributed by atoms with Crippen molar-refractivity contribution in [2.75, 3.05) is 37.9 Å². The molecule has 4 rings (SSSR count). The van der Waals surface area contributed by atoms with Crippen molar-refractivity contribution in [3.05, 3.63) is 88.0 Å². The number of aliphatic hydroxyl groups excluding tert-OH is 1. The molecule has 2 heterocycles. The van der Waals surface area contributed by atoms with E-state index >= 15 is 0 Å². The van der Waals surface area contributed by atoms with Crippen LogP contribution in [-0.2, 0) is 25.5 Å². The van der Waals surface area contributed by atoms with Crippen LogP contribution in [0.25, 0.3) is 6.08 Å². The van der Waals surface area contributed by atoms with E-state index in [9.17, 15) is 29.7 Å². The first-order chi connectivity index (χ1) is 25.7. The van der Waals surface area contributed by atoms with Crippen molar-refractivity contribution in [1.29, 1.82) is 0 Å². The fourth-order valence-corrected chi connectivity index (χ4v) is 6.74. The van der Waals surface area contributed by atoms with Crippen molar-refractivity contribution in [2.45, 2.75) is 84.3 Å². The zero-order valence-electron chi connectivity index (χ0n) is 31.9. The highest BCUT2D eigenvalue weighted by Crippen LogP contribution is 2.42. The summed E-state index contributed by atoms with van der Waals surface area (Å²) in [6.45, 7) is 9.70. The molecule has 3 amide bonds. The summed E-state index contributed by atoms with van der Waals surface area (Å²) >= 11 is 0. The molecule has 54 heavy (non-hydrogen) atoms. The number of ether oxygens (including phenoxy) is 3. The van der Waals surface area contributed by atoms with E-state index in [0.29, 0.717) is 16.7 Å². The van der Waals surface area contributed by atoms with E-state index in [1.165, 1.54) is 39.6 Å². The van der Waals surface area contributed by atoms with E-state index in [1.54, 1.807) is 64.1 Å². The van der Waals surface area contributed by atoms with Gasteiger partial charge in [-0.15, -0.1) is 0 Å². The number of aliphatic hydroxyl groups is 1. The van der Waals surface area contributed by atoms with Gasteiger partial charge in [0.15, 0.2) is 6.10 Å². The van der Waals surface area contributed by atoms with Crippen LogP contribution in [0, 0.1) is 5.92 Å². The lowest BCUT2D eigenvalue weighted by Gasteiger charge is -2.28. The van der Waals surface area contributed by atoms with Gasteiger partial charge in [0, 0.05) is 49.4 Å². The molecule has 0 spiro atoms. The van der Waals surface area contributed by atoms with Gasteiger partial charge in [-0.25, -0.2) is 4.79 Å². The maximum absolute atomic E-state index is 13.6. The van der Waals surface area contributed by atoms with Gasteiger partial charge in [0.25, 0.3) is 11.8 Å². The van der Waals surface area contributed by atoms with E-state index in [0.717, 1.165) is 31.3 Å². The molecule has 5 atom stereocenters. The van der Waals surface area contributed by atoms with Crippen molar-refractivity contribution in [3.63, 3.8) is 0 Å². The highest BCUT2D eigenvalue weighted by molar-refractivity contribution is 6.09. The smallest absolute Gasteiger partial charge is 0.405 e. The van der Waals surface area contributed by atoms with Crippen molar-refractivity contribution < 1.29 is 43.9 Å². The number of nitrogens with one attached hydrogen (secondary N) is 2. The number of hydrogen-bond acceptors (Lipinski definition) is 10. The number of nitrogens with two attached hydrogens (primary N) is 1. The SMILES string of the molecule is CO[C@H]1C=C/C=C(\C)C(=O)Nc2cc(O)c(NC(=O)c3ccc(CN4CCCCC4)cc3)c(c2O)/C=C(\C)C[C@H](OC)[C@H](O)[C@@H](C)/C=C(\C)[C@@H]1OC(N)=O. The number of carbonyl (C=O) groups excluding carboxylic acids is 3. The number of nitrogens with zero attached hydrogens (tertiary/aromatic N) is 1. The number of piperidine rings is 1. The zero-order chi connectivity index (χ0) is 39.5. The van der Waals surface area contributed by atoms with E-state index in [4.69, 9.17) is 19.9 Å². The summed E-state index contributed by atoms with van der Waals surface area (Å²) in [5, 5.41) is 39.7. The predicted octanol–water partition coefficient (Wildman–Crippen LogP) is 6.02. The fourth-order valence-electron chi connectivity index (χ4n) is 6.74. The lowest BCUT2D eigenvalue weighted by atomic mass is 9.91. The monoisotopic (exact) mass is 746 g/mol. The molecule has 0 aliphatic carbocycles. The largest absolute Gasteiger partial charge is 0.506 e. The van der Waals surface area contributed by atoms with Crippen molar-refractivity contribution in [1.82, 2.24) is 4.90 Å². The minimum Gasteiger partial charge on any atom is -0.506 e. The number of allylic oxidation sites excluding steroid dienone is 2. The van der Waals surface area contributed by atoms with Crippen molar-refractivity contribution in [2.24, 2.45) is 11.7 Å². The maximum atomic E-state index is 13.6. The Hall–Kier alpha value is -4.95. The molecule has 2 aliphatic heterocycles. The quantitative estimate of drug-likeness (QED) is 0.111. The van der Waals surface area contributed by atoms with Gasteiger partial charge in [-0.1, -0.05) is 55.4 Å². The number of hydrogen-bond donors (Lipinski definition) is 6. The summed E-state index contributed by atoms with van der Waals surface area (Å²) in [6.07, 6.45) is 7.15. The number of carbonyl (C=O) groups is 3. The molecule has 0 unspecified atom stereocenters.